The minimum absolute atomic E-state index is 0.274. The van der Waals surface area contributed by atoms with Crippen molar-refractivity contribution in [3.05, 3.63) is 23.9 Å². The van der Waals surface area contributed by atoms with Gasteiger partial charge in [0.05, 0.1) is 6.61 Å². The monoisotopic (exact) mass is 209 g/mol. The van der Waals surface area contributed by atoms with Crippen molar-refractivity contribution in [2.45, 2.75) is 26.1 Å². The second-order valence-electron chi connectivity index (χ2n) is 2.42. The standard InChI is InChI=1S/C7H8F3NO.C2H6/c8-7(9,10)6-3-5(4-12)1-2-11-6;1-2/h1-3,6,11-12H,4H2;1-2H3. The summed E-state index contributed by atoms with van der Waals surface area (Å²) in [6, 6.07) is -1.68. The van der Waals surface area contributed by atoms with Crippen molar-refractivity contribution in [3.63, 3.8) is 0 Å². The van der Waals surface area contributed by atoms with E-state index in [2.05, 4.69) is 5.32 Å². The molecule has 0 radical (unpaired) electrons. The van der Waals surface area contributed by atoms with E-state index in [0.29, 0.717) is 0 Å². The van der Waals surface area contributed by atoms with Gasteiger partial charge >= 0.3 is 6.18 Å². The highest BCUT2D eigenvalue weighted by atomic mass is 19.4. The Kier molecular flexibility index (Phi) is 5.30. The van der Waals surface area contributed by atoms with Crippen molar-refractivity contribution >= 4 is 0 Å². The van der Waals surface area contributed by atoms with Crippen LogP contribution in [-0.2, 0) is 0 Å². The molecule has 1 atom stereocenters. The van der Waals surface area contributed by atoms with Crippen molar-refractivity contribution in [2.75, 3.05) is 6.61 Å². The normalized spacial score (nSPS) is 20.4. The molecule has 0 amide bonds. The summed E-state index contributed by atoms with van der Waals surface area (Å²) in [7, 11) is 0. The quantitative estimate of drug-likeness (QED) is 0.692. The molecule has 1 unspecified atom stereocenters. The van der Waals surface area contributed by atoms with E-state index in [0.717, 1.165) is 6.08 Å². The van der Waals surface area contributed by atoms with E-state index < -0.39 is 12.2 Å². The van der Waals surface area contributed by atoms with E-state index in [-0.39, 0.29) is 12.2 Å². The van der Waals surface area contributed by atoms with Gasteiger partial charge in [-0.25, -0.2) is 0 Å². The number of aliphatic hydroxyl groups excluding tert-OH is 1. The zero-order chi connectivity index (χ0) is 11.2. The molecule has 0 saturated heterocycles. The number of hydrogen-bond donors (Lipinski definition) is 2. The van der Waals surface area contributed by atoms with Crippen LogP contribution in [0.25, 0.3) is 0 Å². The highest BCUT2D eigenvalue weighted by Crippen LogP contribution is 2.23. The maximum atomic E-state index is 12.0. The highest BCUT2D eigenvalue weighted by Gasteiger charge is 2.38. The van der Waals surface area contributed by atoms with Crippen LogP contribution < -0.4 is 5.32 Å². The molecule has 2 nitrogen and oxygen atoms in total. The minimum Gasteiger partial charge on any atom is -0.392 e. The van der Waals surface area contributed by atoms with Crippen molar-refractivity contribution in [1.82, 2.24) is 5.32 Å². The van der Waals surface area contributed by atoms with Gasteiger partial charge in [-0.05, 0) is 23.9 Å². The van der Waals surface area contributed by atoms with Crippen molar-refractivity contribution in [3.8, 4) is 0 Å². The number of halogens is 3. The van der Waals surface area contributed by atoms with Crippen LogP contribution >= 0.6 is 0 Å². The van der Waals surface area contributed by atoms with Gasteiger partial charge in [0.2, 0.25) is 0 Å². The molecule has 2 N–H and O–H groups in total. The first-order valence-corrected chi connectivity index (χ1v) is 4.35. The molecule has 0 aliphatic carbocycles. The van der Waals surface area contributed by atoms with E-state index in [1.54, 1.807) is 0 Å². The lowest BCUT2D eigenvalue weighted by molar-refractivity contribution is -0.142. The number of rotatable bonds is 1. The molecule has 1 heterocycles. The zero-order valence-corrected chi connectivity index (χ0v) is 8.10. The Morgan fingerprint density at radius 1 is 1.43 bits per heavy atom. The van der Waals surface area contributed by atoms with Gasteiger partial charge in [0.15, 0.2) is 0 Å². The number of hydrogen-bond acceptors (Lipinski definition) is 2. The Bertz CT molecular complexity index is 221. The number of nitrogens with one attached hydrogen (secondary N) is 1. The lowest BCUT2D eigenvalue weighted by Gasteiger charge is -2.20. The summed E-state index contributed by atoms with van der Waals surface area (Å²) < 4.78 is 36.1. The first-order valence-electron chi connectivity index (χ1n) is 4.35. The Morgan fingerprint density at radius 2 is 2.00 bits per heavy atom. The summed E-state index contributed by atoms with van der Waals surface area (Å²) >= 11 is 0. The fourth-order valence-corrected chi connectivity index (χ4v) is 0.871. The van der Waals surface area contributed by atoms with Gasteiger partial charge in [0.25, 0.3) is 0 Å². The van der Waals surface area contributed by atoms with Gasteiger partial charge in [-0.15, -0.1) is 0 Å². The van der Waals surface area contributed by atoms with Crippen LogP contribution in [0.15, 0.2) is 23.9 Å². The van der Waals surface area contributed by atoms with E-state index in [4.69, 9.17) is 5.11 Å². The second kappa shape index (κ2) is 5.70. The number of aliphatic hydroxyl groups is 1. The average molecular weight is 209 g/mol. The molecule has 82 valence electrons. The van der Waals surface area contributed by atoms with E-state index in [1.165, 1.54) is 12.3 Å². The molecule has 0 spiro atoms. The minimum atomic E-state index is -4.30. The van der Waals surface area contributed by atoms with Crippen LogP contribution in [0.3, 0.4) is 0 Å². The maximum absolute atomic E-state index is 12.0. The SMILES string of the molecule is CC.OCC1=CC(C(F)(F)F)NC=C1. The molecule has 0 fully saturated rings. The third-order valence-electron chi connectivity index (χ3n) is 1.49. The summed E-state index contributed by atoms with van der Waals surface area (Å²) in [4.78, 5) is 0. The number of dihydropyridines is 1. The zero-order valence-electron chi connectivity index (χ0n) is 8.10. The third kappa shape index (κ3) is 3.83. The summed E-state index contributed by atoms with van der Waals surface area (Å²) in [5, 5.41) is 10.7. The van der Waals surface area contributed by atoms with E-state index >= 15 is 0 Å². The summed E-state index contributed by atoms with van der Waals surface area (Å²) in [5.41, 5.74) is 0.274. The first kappa shape index (κ1) is 13.0. The van der Waals surface area contributed by atoms with Crippen LogP contribution in [-0.4, -0.2) is 23.9 Å². The Hall–Kier alpha value is -0.970. The molecule has 0 aromatic carbocycles. The average Bonchev–Trinajstić information content (AvgIpc) is 2.20. The summed E-state index contributed by atoms with van der Waals surface area (Å²) in [6.45, 7) is 3.63. The van der Waals surface area contributed by atoms with Crippen molar-refractivity contribution in [2.24, 2.45) is 0 Å². The van der Waals surface area contributed by atoms with Crippen molar-refractivity contribution < 1.29 is 18.3 Å². The first-order chi connectivity index (χ1) is 6.54. The predicted molar refractivity (Wildman–Crippen MR) is 48.6 cm³/mol. The number of alkyl halides is 3. The van der Waals surface area contributed by atoms with Crippen molar-refractivity contribution in [1.29, 1.82) is 0 Å². The fraction of sp³-hybridized carbons (Fsp3) is 0.556. The maximum Gasteiger partial charge on any atom is 0.412 e. The molecule has 0 aromatic rings. The van der Waals surface area contributed by atoms with Crippen LogP contribution in [0.5, 0.6) is 0 Å². The molecule has 1 rings (SSSR count). The molecule has 1 aliphatic heterocycles. The van der Waals surface area contributed by atoms with Crippen LogP contribution in [0, 0.1) is 0 Å². The fourth-order valence-electron chi connectivity index (χ4n) is 0.871. The van der Waals surface area contributed by atoms with Gasteiger partial charge in [-0.2, -0.15) is 13.2 Å². The molecule has 14 heavy (non-hydrogen) atoms. The largest absolute Gasteiger partial charge is 0.412 e. The highest BCUT2D eigenvalue weighted by molar-refractivity contribution is 5.25. The van der Waals surface area contributed by atoms with E-state index in [1.807, 2.05) is 13.8 Å². The Balaban J connectivity index is 0.000000791. The van der Waals surface area contributed by atoms with Gasteiger partial charge in [-0.3, -0.25) is 0 Å². The molecule has 5 heteroatoms. The van der Waals surface area contributed by atoms with Gasteiger partial charge in [0, 0.05) is 0 Å². The molecule has 1 aliphatic rings. The van der Waals surface area contributed by atoms with Gasteiger partial charge in [0.1, 0.15) is 6.04 Å². The lowest BCUT2D eigenvalue weighted by atomic mass is 10.1. The van der Waals surface area contributed by atoms with Crippen LogP contribution in [0.2, 0.25) is 0 Å². The second-order valence-corrected chi connectivity index (χ2v) is 2.42. The Labute approximate surface area is 81.1 Å². The smallest absolute Gasteiger partial charge is 0.392 e. The van der Waals surface area contributed by atoms with Crippen LogP contribution in [0.1, 0.15) is 13.8 Å². The third-order valence-corrected chi connectivity index (χ3v) is 1.49. The van der Waals surface area contributed by atoms with Gasteiger partial charge in [-0.1, -0.05) is 13.8 Å². The summed E-state index contributed by atoms with van der Waals surface area (Å²) in [6.07, 6.45) is -0.753. The summed E-state index contributed by atoms with van der Waals surface area (Å²) in [5.74, 6) is 0. The van der Waals surface area contributed by atoms with Gasteiger partial charge < -0.3 is 10.4 Å². The molecule has 0 bridgehead atoms. The molecular weight excluding hydrogens is 195 g/mol. The molecule has 0 aromatic heterocycles. The van der Waals surface area contributed by atoms with E-state index in [9.17, 15) is 13.2 Å². The predicted octanol–water partition coefficient (Wildman–Crippen LogP) is 1.98. The Morgan fingerprint density at radius 3 is 2.43 bits per heavy atom. The van der Waals surface area contributed by atoms with Crippen LogP contribution in [0.4, 0.5) is 13.2 Å². The molecular formula is C9H14F3NO. The molecule has 0 saturated carbocycles. The lowest BCUT2D eigenvalue weighted by Crippen LogP contribution is -2.39. The topological polar surface area (TPSA) is 32.3 Å².